The van der Waals surface area contributed by atoms with Crippen LogP contribution in [0.15, 0.2) is 174 Å². The molecule has 2 aliphatic carbocycles. The summed E-state index contributed by atoms with van der Waals surface area (Å²) in [6.07, 6.45) is 16.9. The molecule has 2 nitrogen and oxygen atoms in total. The monoisotopic (exact) mass is 617 g/mol. The largest absolute Gasteiger partial charge is 0.456 e. The first-order valence-electron chi connectivity index (χ1n) is 16.9. The van der Waals surface area contributed by atoms with E-state index in [9.17, 15) is 0 Å². The number of benzene rings is 6. The Hall–Kier alpha value is -5.86. The minimum Gasteiger partial charge on any atom is -0.456 e. The van der Waals surface area contributed by atoms with Crippen molar-refractivity contribution in [3.8, 4) is 0 Å². The highest BCUT2D eigenvalue weighted by molar-refractivity contribution is 6.11. The fourth-order valence-corrected chi connectivity index (χ4v) is 7.41. The first-order valence-corrected chi connectivity index (χ1v) is 16.9. The molecular weight excluding hydrogens is 583 g/mol. The quantitative estimate of drug-likeness (QED) is 0.185. The molecular formula is C46H35NO. The second kappa shape index (κ2) is 12.1. The molecule has 0 spiro atoms. The van der Waals surface area contributed by atoms with Gasteiger partial charge < -0.3 is 9.32 Å². The van der Waals surface area contributed by atoms with E-state index in [2.05, 4.69) is 169 Å². The minimum atomic E-state index is 0.290. The normalized spacial score (nSPS) is 16.0. The molecule has 2 aliphatic rings. The van der Waals surface area contributed by atoms with Gasteiger partial charge in [0.25, 0.3) is 0 Å². The Kier molecular flexibility index (Phi) is 7.13. The Morgan fingerprint density at radius 1 is 0.625 bits per heavy atom. The van der Waals surface area contributed by atoms with Gasteiger partial charge in [-0.3, -0.25) is 0 Å². The predicted molar refractivity (Wildman–Crippen MR) is 203 cm³/mol. The fraction of sp³-hybridized carbons (Fsp3) is 0.0870. The molecule has 1 atom stereocenters. The van der Waals surface area contributed by atoms with Crippen LogP contribution >= 0.6 is 0 Å². The molecule has 1 heterocycles. The van der Waals surface area contributed by atoms with Crippen LogP contribution in [0.2, 0.25) is 0 Å². The minimum absolute atomic E-state index is 0.290. The molecule has 7 aromatic rings. The van der Waals surface area contributed by atoms with Gasteiger partial charge in [0.05, 0.1) is 0 Å². The molecule has 0 aliphatic heterocycles. The van der Waals surface area contributed by atoms with Crippen molar-refractivity contribution in [2.45, 2.75) is 25.2 Å². The molecule has 9 rings (SSSR count). The van der Waals surface area contributed by atoms with Crippen molar-refractivity contribution in [1.29, 1.82) is 0 Å². The SMILES string of the molecule is C1=CCCC(c2ccc(N(c3ccc(C4C=C(c5cccc6oc7ccccc7c56)C=CC4)cc3)c3ccc4ccccc4c3)cc2)=C1. The zero-order valence-corrected chi connectivity index (χ0v) is 26.7. The van der Waals surface area contributed by atoms with Crippen LogP contribution < -0.4 is 4.90 Å². The number of allylic oxidation sites excluding steroid dienone is 8. The number of nitrogens with zero attached hydrogens (tertiary/aromatic N) is 1. The Morgan fingerprint density at radius 3 is 2.21 bits per heavy atom. The van der Waals surface area contributed by atoms with Gasteiger partial charge in [0.2, 0.25) is 0 Å². The van der Waals surface area contributed by atoms with Crippen LogP contribution in [0.3, 0.4) is 0 Å². The number of hydrogen-bond donors (Lipinski definition) is 0. The van der Waals surface area contributed by atoms with Gasteiger partial charge in [0, 0.05) is 33.8 Å². The van der Waals surface area contributed by atoms with Crippen molar-refractivity contribution < 1.29 is 4.42 Å². The molecule has 6 aromatic carbocycles. The number of fused-ring (bicyclic) bond motifs is 4. The average Bonchev–Trinajstić information content (AvgIpc) is 3.55. The highest BCUT2D eigenvalue weighted by Gasteiger charge is 2.19. The predicted octanol–water partition coefficient (Wildman–Crippen LogP) is 13.1. The summed E-state index contributed by atoms with van der Waals surface area (Å²) < 4.78 is 6.20. The van der Waals surface area contributed by atoms with Crippen LogP contribution in [-0.2, 0) is 0 Å². The molecule has 1 aromatic heterocycles. The van der Waals surface area contributed by atoms with Crippen LogP contribution in [0.5, 0.6) is 0 Å². The van der Waals surface area contributed by atoms with Crippen molar-refractivity contribution in [3.05, 3.63) is 187 Å². The standard InChI is InChI=1S/C46H35NO/c1-2-10-32(11-3-1)34-20-25-39(26-21-34)47(41-29-24-33-12-4-5-13-37(33)31-41)40-27-22-35(23-28-40)36-14-8-15-38(30-36)42-17-9-19-45-46(42)43-16-6-7-18-44(43)48-45/h1-2,4-10,12-13,15-31,36H,3,11,14H2. The Morgan fingerprint density at radius 2 is 1.38 bits per heavy atom. The van der Waals surface area contributed by atoms with E-state index >= 15 is 0 Å². The molecule has 230 valence electrons. The lowest BCUT2D eigenvalue weighted by molar-refractivity contribution is 0.669. The highest BCUT2D eigenvalue weighted by Crippen LogP contribution is 2.41. The van der Waals surface area contributed by atoms with Gasteiger partial charge in [-0.2, -0.15) is 0 Å². The Labute approximate surface area is 281 Å². The second-order valence-electron chi connectivity index (χ2n) is 12.8. The maximum absolute atomic E-state index is 6.20. The van der Waals surface area contributed by atoms with Gasteiger partial charge in [-0.1, -0.05) is 121 Å². The van der Waals surface area contributed by atoms with E-state index in [0.29, 0.717) is 5.92 Å². The maximum atomic E-state index is 6.20. The number of hydrogen-bond acceptors (Lipinski definition) is 2. The number of para-hydroxylation sites is 1. The zero-order valence-electron chi connectivity index (χ0n) is 26.7. The Bertz CT molecular complexity index is 2420. The molecule has 0 fully saturated rings. The summed E-state index contributed by atoms with van der Waals surface area (Å²) in [6.45, 7) is 0. The van der Waals surface area contributed by atoms with Crippen LogP contribution in [0.25, 0.3) is 43.9 Å². The second-order valence-corrected chi connectivity index (χ2v) is 12.8. The molecule has 0 saturated heterocycles. The summed E-state index contributed by atoms with van der Waals surface area (Å²) in [4.78, 5) is 2.38. The third-order valence-corrected chi connectivity index (χ3v) is 9.86. The molecule has 0 radical (unpaired) electrons. The third-order valence-electron chi connectivity index (χ3n) is 9.86. The topological polar surface area (TPSA) is 16.4 Å². The lowest BCUT2D eigenvalue weighted by atomic mass is 9.86. The van der Waals surface area contributed by atoms with Crippen LogP contribution in [0, 0.1) is 0 Å². The van der Waals surface area contributed by atoms with Crippen molar-refractivity contribution >= 4 is 60.9 Å². The summed E-state index contributed by atoms with van der Waals surface area (Å²) in [7, 11) is 0. The van der Waals surface area contributed by atoms with E-state index in [1.54, 1.807) is 0 Å². The first-order chi connectivity index (χ1) is 23.8. The zero-order chi connectivity index (χ0) is 31.9. The lowest BCUT2D eigenvalue weighted by Gasteiger charge is -2.27. The van der Waals surface area contributed by atoms with Gasteiger partial charge in [-0.05, 0) is 106 Å². The van der Waals surface area contributed by atoms with Crippen LogP contribution in [-0.4, -0.2) is 0 Å². The van der Waals surface area contributed by atoms with E-state index in [1.165, 1.54) is 44.0 Å². The van der Waals surface area contributed by atoms with E-state index in [-0.39, 0.29) is 0 Å². The molecule has 0 saturated carbocycles. The van der Waals surface area contributed by atoms with Gasteiger partial charge in [-0.25, -0.2) is 0 Å². The van der Waals surface area contributed by atoms with Gasteiger partial charge in [-0.15, -0.1) is 0 Å². The van der Waals surface area contributed by atoms with Crippen LogP contribution in [0.1, 0.15) is 41.9 Å². The van der Waals surface area contributed by atoms with E-state index in [1.807, 2.05) is 6.07 Å². The Balaban J connectivity index is 1.07. The maximum Gasteiger partial charge on any atom is 0.136 e. The van der Waals surface area contributed by atoms with Crippen LogP contribution in [0.4, 0.5) is 17.1 Å². The summed E-state index contributed by atoms with van der Waals surface area (Å²) in [5.41, 5.74) is 11.8. The summed E-state index contributed by atoms with van der Waals surface area (Å²) >= 11 is 0. The molecule has 48 heavy (non-hydrogen) atoms. The number of anilines is 3. The first kappa shape index (κ1) is 28.4. The van der Waals surface area contributed by atoms with Crippen molar-refractivity contribution in [1.82, 2.24) is 0 Å². The fourth-order valence-electron chi connectivity index (χ4n) is 7.41. The smallest absolute Gasteiger partial charge is 0.136 e. The third kappa shape index (κ3) is 5.16. The molecule has 0 N–H and O–H groups in total. The summed E-state index contributed by atoms with van der Waals surface area (Å²) in [5.74, 6) is 0.290. The van der Waals surface area contributed by atoms with Gasteiger partial charge in [0.1, 0.15) is 11.2 Å². The summed E-state index contributed by atoms with van der Waals surface area (Å²) in [5, 5.41) is 4.84. The molecule has 0 bridgehead atoms. The molecule has 1 unspecified atom stereocenters. The van der Waals surface area contributed by atoms with E-state index < -0.39 is 0 Å². The summed E-state index contributed by atoms with van der Waals surface area (Å²) in [6, 6.07) is 48.3. The molecule has 0 amide bonds. The van der Waals surface area contributed by atoms with Gasteiger partial charge in [0.15, 0.2) is 0 Å². The average molecular weight is 618 g/mol. The molecule has 2 heteroatoms. The van der Waals surface area contributed by atoms with Gasteiger partial charge >= 0.3 is 0 Å². The van der Waals surface area contributed by atoms with Crippen molar-refractivity contribution in [2.24, 2.45) is 0 Å². The highest BCUT2D eigenvalue weighted by atomic mass is 16.3. The number of rotatable bonds is 6. The lowest BCUT2D eigenvalue weighted by Crippen LogP contribution is -2.10. The van der Waals surface area contributed by atoms with Crippen molar-refractivity contribution in [2.75, 3.05) is 4.90 Å². The van der Waals surface area contributed by atoms with E-state index in [0.717, 1.165) is 52.9 Å². The number of furan rings is 1. The van der Waals surface area contributed by atoms with E-state index in [4.69, 9.17) is 4.42 Å². The van der Waals surface area contributed by atoms with Crippen molar-refractivity contribution in [3.63, 3.8) is 0 Å².